The number of halogens is 1. The van der Waals surface area contributed by atoms with Gasteiger partial charge >= 0.3 is 6.09 Å². The lowest BCUT2D eigenvalue weighted by molar-refractivity contribution is -0.132. The highest BCUT2D eigenvalue weighted by Gasteiger charge is 2.52. The number of hydrogen-bond donors (Lipinski definition) is 2. The molecular formula is C28H41FN4O4. The summed E-state index contributed by atoms with van der Waals surface area (Å²) in [5.74, 6) is -1.26. The Labute approximate surface area is 219 Å². The first-order chi connectivity index (χ1) is 17.5. The molecule has 37 heavy (non-hydrogen) atoms. The highest BCUT2D eigenvalue weighted by atomic mass is 19.1. The van der Waals surface area contributed by atoms with Gasteiger partial charge in [0.1, 0.15) is 23.5 Å². The summed E-state index contributed by atoms with van der Waals surface area (Å²) in [6.45, 7) is 10.5. The van der Waals surface area contributed by atoms with Crippen molar-refractivity contribution in [3.8, 4) is 0 Å². The number of nitrogens with two attached hydrogens (primary N) is 1. The predicted octanol–water partition coefficient (Wildman–Crippen LogP) is 3.33. The molecule has 4 rings (SSSR count). The molecule has 0 radical (unpaired) electrons. The quantitative estimate of drug-likeness (QED) is 0.579. The second-order valence-electron chi connectivity index (χ2n) is 11.8. The zero-order chi connectivity index (χ0) is 26.9. The molecule has 1 saturated carbocycles. The number of hydrogen-bond acceptors (Lipinski definition) is 5. The van der Waals surface area contributed by atoms with E-state index in [1.165, 1.54) is 4.90 Å². The number of amides is 3. The molecule has 2 saturated heterocycles. The standard InChI is InChI=1S/C28H41FN4O4/c1-5-32-12-10-17(11-13-32)18-6-7-19(22(29)15-18)16-23(25(30)34)31-26(35)24-20-8-9-21(14-20)33(24)27(36)37-28(2,3)4/h6-7,15,17,20-21,23-24H,5,8-14,16H2,1-4H3,(H2,30,34)(H,31,35). The van der Waals surface area contributed by atoms with Crippen molar-refractivity contribution in [1.82, 2.24) is 15.1 Å². The Morgan fingerprint density at radius 2 is 1.86 bits per heavy atom. The van der Waals surface area contributed by atoms with Crippen LogP contribution in [0.5, 0.6) is 0 Å². The number of nitrogens with zero attached hydrogens (tertiary/aromatic N) is 2. The summed E-state index contributed by atoms with van der Waals surface area (Å²) < 4.78 is 20.7. The van der Waals surface area contributed by atoms with E-state index < -0.39 is 41.4 Å². The molecule has 3 amide bonds. The lowest BCUT2D eigenvalue weighted by Gasteiger charge is -2.36. The van der Waals surface area contributed by atoms with Crippen molar-refractivity contribution in [2.75, 3.05) is 19.6 Å². The van der Waals surface area contributed by atoms with Gasteiger partial charge in [-0.05, 0) is 102 Å². The van der Waals surface area contributed by atoms with Gasteiger partial charge in [-0.25, -0.2) is 9.18 Å². The average molecular weight is 517 g/mol. The number of rotatable bonds is 7. The number of ether oxygens (including phenoxy) is 1. The Bertz CT molecular complexity index is 1020. The Morgan fingerprint density at radius 3 is 2.46 bits per heavy atom. The van der Waals surface area contributed by atoms with E-state index in [0.717, 1.165) is 57.3 Å². The molecule has 4 atom stereocenters. The number of nitrogens with one attached hydrogen (secondary N) is 1. The van der Waals surface area contributed by atoms with Gasteiger partial charge in [-0.1, -0.05) is 19.1 Å². The summed E-state index contributed by atoms with van der Waals surface area (Å²) in [6.07, 6.45) is 3.79. The van der Waals surface area contributed by atoms with Gasteiger partial charge in [0.05, 0.1) is 0 Å². The van der Waals surface area contributed by atoms with Crippen molar-refractivity contribution in [2.45, 2.75) is 95.9 Å². The first kappa shape index (κ1) is 27.4. The normalized spacial score (nSPS) is 25.2. The van der Waals surface area contributed by atoms with Crippen LogP contribution in [0.3, 0.4) is 0 Å². The summed E-state index contributed by atoms with van der Waals surface area (Å²) in [5, 5.41) is 2.72. The molecule has 2 aliphatic heterocycles. The summed E-state index contributed by atoms with van der Waals surface area (Å²) in [6, 6.07) is 3.31. The number of fused-ring (bicyclic) bond motifs is 2. The van der Waals surface area contributed by atoms with Crippen molar-refractivity contribution in [3.63, 3.8) is 0 Å². The van der Waals surface area contributed by atoms with E-state index in [9.17, 15) is 14.4 Å². The molecule has 3 fully saturated rings. The molecule has 3 N–H and O–H groups in total. The minimum atomic E-state index is -1.08. The molecule has 9 heteroatoms. The zero-order valence-corrected chi connectivity index (χ0v) is 22.5. The molecule has 1 aromatic rings. The van der Waals surface area contributed by atoms with Gasteiger partial charge in [0.15, 0.2) is 0 Å². The first-order valence-electron chi connectivity index (χ1n) is 13.6. The van der Waals surface area contributed by atoms with E-state index in [-0.39, 0.29) is 18.4 Å². The number of carbonyl (C=O) groups is 3. The number of benzene rings is 1. The van der Waals surface area contributed by atoms with E-state index in [2.05, 4.69) is 17.1 Å². The number of carbonyl (C=O) groups excluding carboxylic acids is 3. The van der Waals surface area contributed by atoms with Crippen molar-refractivity contribution in [2.24, 2.45) is 11.7 Å². The number of likely N-dealkylation sites (tertiary alicyclic amines) is 2. The number of piperidine rings is 2. The van der Waals surface area contributed by atoms with Crippen LogP contribution in [0, 0.1) is 11.7 Å². The zero-order valence-electron chi connectivity index (χ0n) is 22.5. The van der Waals surface area contributed by atoms with Crippen LogP contribution >= 0.6 is 0 Å². The Balaban J connectivity index is 1.43. The van der Waals surface area contributed by atoms with E-state index in [0.29, 0.717) is 11.5 Å². The van der Waals surface area contributed by atoms with E-state index in [1.807, 2.05) is 6.07 Å². The fraction of sp³-hybridized carbons (Fsp3) is 0.679. The minimum absolute atomic E-state index is 0.00110. The molecule has 0 aromatic heterocycles. The molecule has 2 bridgehead atoms. The lowest BCUT2D eigenvalue weighted by atomic mass is 9.88. The van der Waals surface area contributed by atoms with Crippen LogP contribution in [0.25, 0.3) is 0 Å². The monoisotopic (exact) mass is 516 g/mol. The topological polar surface area (TPSA) is 105 Å². The smallest absolute Gasteiger partial charge is 0.411 e. The van der Waals surface area contributed by atoms with Crippen LogP contribution in [0.2, 0.25) is 0 Å². The molecule has 2 heterocycles. The second kappa shape index (κ2) is 11.0. The Morgan fingerprint density at radius 1 is 1.16 bits per heavy atom. The molecular weight excluding hydrogens is 475 g/mol. The van der Waals surface area contributed by atoms with Gasteiger partial charge in [0.2, 0.25) is 11.8 Å². The summed E-state index contributed by atoms with van der Waals surface area (Å²) in [7, 11) is 0. The number of primary amides is 1. The van der Waals surface area contributed by atoms with E-state index in [4.69, 9.17) is 10.5 Å². The van der Waals surface area contributed by atoms with Crippen molar-refractivity contribution >= 4 is 17.9 Å². The van der Waals surface area contributed by atoms with E-state index in [1.54, 1.807) is 32.9 Å². The second-order valence-corrected chi connectivity index (χ2v) is 11.8. The van der Waals surface area contributed by atoms with Gasteiger partial charge in [-0.3, -0.25) is 14.5 Å². The summed E-state index contributed by atoms with van der Waals surface area (Å²) in [5.41, 5.74) is 6.23. The largest absolute Gasteiger partial charge is 0.444 e. The maximum absolute atomic E-state index is 15.1. The lowest BCUT2D eigenvalue weighted by Crippen LogP contribution is -2.57. The molecule has 1 aromatic carbocycles. The third-order valence-corrected chi connectivity index (χ3v) is 8.13. The maximum Gasteiger partial charge on any atom is 0.411 e. The average Bonchev–Trinajstić information content (AvgIpc) is 3.45. The third kappa shape index (κ3) is 6.25. The molecule has 3 aliphatic rings. The van der Waals surface area contributed by atoms with Crippen LogP contribution in [0.4, 0.5) is 9.18 Å². The van der Waals surface area contributed by atoms with Gasteiger partial charge in [0.25, 0.3) is 0 Å². The third-order valence-electron chi connectivity index (χ3n) is 8.13. The fourth-order valence-corrected chi connectivity index (χ4v) is 6.17. The van der Waals surface area contributed by atoms with Gasteiger partial charge < -0.3 is 20.7 Å². The Hall–Kier alpha value is -2.68. The van der Waals surface area contributed by atoms with Crippen molar-refractivity contribution < 1.29 is 23.5 Å². The van der Waals surface area contributed by atoms with Crippen molar-refractivity contribution in [1.29, 1.82) is 0 Å². The molecule has 0 spiro atoms. The van der Waals surface area contributed by atoms with Crippen LogP contribution in [-0.2, 0) is 20.7 Å². The van der Waals surface area contributed by atoms with Crippen LogP contribution in [0.15, 0.2) is 18.2 Å². The fourth-order valence-electron chi connectivity index (χ4n) is 6.17. The van der Waals surface area contributed by atoms with E-state index >= 15 is 4.39 Å². The highest BCUT2D eigenvalue weighted by molar-refractivity contribution is 5.91. The summed E-state index contributed by atoms with van der Waals surface area (Å²) in [4.78, 5) is 42.4. The summed E-state index contributed by atoms with van der Waals surface area (Å²) >= 11 is 0. The van der Waals surface area contributed by atoms with Crippen LogP contribution < -0.4 is 11.1 Å². The van der Waals surface area contributed by atoms with Gasteiger partial charge in [0, 0.05) is 12.5 Å². The molecule has 4 unspecified atom stereocenters. The van der Waals surface area contributed by atoms with Crippen LogP contribution in [0.1, 0.15) is 76.8 Å². The van der Waals surface area contributed by atoms with Gasteiger partial charge in [-0.15, -0.1) is 0 Å². The molecule has 204 valence electrons. The van der Waals surface area contributed by atoms with Gasteiger partial charge in [-0.2, -0.15) is 0 Å². The minimum Gasteiger partial charge on any atom is -0.444 e. The predicted molar refractivity (Wildman–Crippen MR) is 138 cm³/mol. The first-order valence-corrected chi connectivity index (χ1v) is 13.6. The maximum atomic E-state index is 15.1. The highest BCUT2D eigenvalue weighted by Crippen LogP contribution is 2.43. The molecule has 1 aliphatic carbocycles. The SMILES string of the molecule is CCN1CCC(c2ccc(CC(NC(=O)C3C4CCC(C4)N3C(=O)OC(C)(C)C)C(N)=O)c(F)c2)CC1. The molecule has 8 nitrogen and oxygen atoms in total. The van der Waals surface area contributed by atoms with Crippen LogP contribution in [-0.4, -0.2) is 71.1 Å². The van der Waals surface area contributed by atoms with Crippen molar-refractivity contribution in [3.05, 3.63) is 35.1 Å². The Kier molecular flexibility index (Phi) is 8.11.